The highest BCUT2D eigenvalue weighted by molar-refractivity contribution is 7.18. The van der Waals surface area contributed by atoms with E-state index in [1.165, 1.54) is 0 Å². The van der Waals surface area contributed by atoms with Crippen LogP contribution in [0.25, 0.3) is 10.2 Å². The number of carbonyl (C=O) groups excluding carboxylic acids is 1. The number of para-hydroxylation sites is 1. The summed E-state index contributed by atoms with van der Waals surface area (Å²) >= 11 is 7.82. The van der Waals surface area contributed by atoms with Gasteiger partial charge in [0.05, 0.1) is 27.4 Å². The summed E-state index contributed by atoms with van der Waals surface area (Å²) in [5.74, 6) is 1.02. The number of piperidine rings is 1. The van der Waals surface area contributed by atoms with Crippen LogP contribution < -0.4 is 4.74 Å². The Morgan fingerprint density at radius 3 is 2.80 bits per heavy atom. The first kappa shape index (κ1) is 21.1. The third kappa shape index (κ3) is 4.77. The number of thiazole rings is 1. The van der Waals surface area contributed by atoms with Crippen LogP contribution in [0.4, 0.5) is 0 Å². The number of benzene rings is 2. The molecule has 0 bridgehead atoms. The topological polar surface area (TPSA) is 51.7 Å². The average Bonchev–Trinajstić information content (AvgIpc) is 3.20. The van der Waals surface area contributed by atoms with Gasteiger partial charge in [-0.25, -0.2) is 4.98 Å². The second-order valence-corrected chi connectivity index (χ2v) is 8.77. The van der Waals surface area contributed by atoms with Gasteiger partial charge >= 0.3 is 0 Å². The number of fused-ring (bicyclic) bond motifs is 1. The number of hydrogen-bond donors (Lipinski definition) is 0. The van der Waals surface area contributed by atoms with E-state index in [2.05, 4.69) is 0 Å². The molecular weight excluding hydrogens is 420 g/mol. The maximum atomic E-state index is 13.1. The van der Waals surface area contributed by atoms with E-state index in [4.69, 9.17) is 26.1 Å². The molecule has 3 aromatic rings. The van der Waals surface area contributed by atoms with Crippen molar-refractivity contribution in [2.75, 3.05) is 32.9 Å². The first-order chi connectivity index (χ1) is 14.7. The van der Waals surface area contributed by atoms with Gasteiger partial charge in [0, 0.05) is 30.6 Å². The molecule has 0 atom stereocenters. The number of aromatic nitrogens is 1. The number of rotatable bonds is 7. The van der Waals surface area contributed by atoms with Crippen molar-refractivity contribution in [1.82, 2.24) is 9.88 Å². The van der Waals surface area contributed by atoms with E-state index in [0.717, 1.165) is 28.1 Å². The fourth-order valence-corrected chi connectivity index (χ4v) is 5.00. The molecule has 0 unspecified atom stereocenters. The number of ether oxygens (including phenoxy) is 2. The summed E-state index contributed by atoms with van der Waals surface area (Å²) in [6.45, 7) is 4.98. The summed E-state index contributed by atoms with van der Waals surface area (Å²) in [6, 6.07) is 13.3. The van der Waals surface area contributed by atoms with Crippen LogP contribution in [0, 0.1) is 0 Å². The number of amides is 1. The SMILES string of the molecule is CCOCCOc1ccccc1C(=O)N1CCC(c2nc3cc(Cl)ccc3s2)CC1. The number of nitrogens with zero attached hydrogens (tertiary/aromatic N) is 2. The molecule has 158 valence electrons. The molecule has 0 saturated carbocycles. The lowest BCUT2D eigenvalue weighted by atomic mass is 9.97. The van der Waals surface area contributed by atoms with Gasteiger partial charge in [-0.2, -0.15) is 0 Å². The molecule has 30 heavy (non-hydrogen) atoms. The van der Waals surface area contributed by atoms with Crippen LogP contribution in [-0.4, -0.2) is 48.7 Å². The van der Waals surface area contributed by atoms with Gasteiger partial charge < -0.3 is 14.4 Å². The molecule has 4 rings (SSSR count). The van der Waals surface area contributed by atoms with Crippen LogP contribution in [0.15, 0.2) is 42.5 Å². The monoisotopic (exact) mass is 444 g/mol. The van der Waals surface area contributed by atoms with E-state index in [0.29, 0.717) is 55.2 Å². The molecule has 7 heteroatoms. The summed E-state index contributed by atoms with van der Waals surface area (Å²) in [5, 5.41) is 1.85. The third-order valence-corrected chi connectivity index (χ3v) is 6.74. The van der Waals surface area contributed by atoms with Crippen molar-refractivity contribution >= 4 is 39.1 Å². The summed E-state index contributed by atoms with van der Waals surface area (Å²) < 4.78 is 12.3. The van der Waals surface area contributed by atoms with E-state index in [1.807, 2.05) is 54.3 Å². The highest BCUT2D eigenvalue weighted by Crippen LogP contribution is 2.35. The minimum absolute atomic E-state index is 0.0246. The summed E-state index contributed by atoms with van der Waals surface area (Å²) in [5.41, 5.74) is 1.57. The van der Waals surface area contributed by atoms with Crippen LogP contribution >= 0.6 is 22.9 Å². The van der Waals surface area contributed by atoms with Crippen molar-refractivity contribution in [1.29, 1.82) is 0 Å². The number of carbonyl (C=O) groups is 1. The van der Waals surface area contributed by atoms with Gasteiger partial charge in [0.15, 0.2) is 0 Å². The summed E-state index contributed by atoms with van der Waals surface area (Å²) in [7, 11) is 0. The van der Waals surface area contributed by atoms with E-state index >= 15 is 0 Å². The van der Waals surface area contributed by atoms with Crippen LogP contribution in [0.2, 0.25) is 5.02 Å². The molecule has 0 radical (unpaired) electrons. The van der Waals surface area contributed by atoms with Crippen LogP contribution in [0.5, 0.6) is 5.75 Å². The standard InChI is InChI=1S/C23H25ClN2O3S/c1-2-28-13-14-29-20-6-4-3-5-18(20)23(27)26-11-9-16(10-12-26)22-25-19-15-17(24)7-8-21(19)30-22/h3-8,15-16H,2,9-14H2,1H3. The lowest BCUT2D eigenvalue weighted by Crippen LogP contribution is -2.38. The van der Waals surface area contributed by atoms with Crippen molar-refractivity contribution in [3.63, 3.8) is 0 Å². The van der Waals surface area contributed by atoms with Crippen molar-refractivity contribution in [2.45, 2.75) is 25.7 Å². The quantitative estimate of drug-likeness (QED) is 0.459. The Morgan fingerprint density at radius 2 is 2.00 bits per heavy atom. The van der Waals surface area contributed by atoms with Gasteiger partial charge in [0.25, 0.3) is 5.91 Å². The number of hydrogen-bond acceptors (Lipinski definition) is 5. The van der Waals surface area contributed by atoms with Crippen LogP contribution in [-0.2, 0) is 4.74 Å². The predicted molar refractivity (Wildman–Crippen MR) is 121 cm³/mol. The molecule has 0 aliphatic carbocycles. The van der Waals surface area contributed by atoms with E-state index < -0.39 is 0 Å². The number of likely N-dealkylation sites (tertiary alicyclic amines) is 1. The maximum absolute atomic E-state index is 13.1. The highest BCUT2D eigenvalue weighted by Gasteiger charge is 2.27. The molecule has 2 heterocycles. The summed E-state index contributed by atoms with van der Waals surface area (Å²) in [4.78, 5) is 19.8. The van der Waals surface area contributed by atoms with Gasteiger partial charge in [0.2, 0.25) is 0 Å². The van der Waals surface area contributed by atoms with Crippen molar-refractivity contribution in [2.24, 2.45) is 0 Å². The van der Waals surface area contributed by atoms with Gasteiger partial charge in [-0.1, -0.05) is 23.7 Å². The Balaban J connectivity index is 1.39. The second kappa shape index (κ2) is 9.77. The van der Waals surface area contributed by atoms with Crippen LogP contribution in [0.1, 0.15) is 41.0 Å². The van der Waals surface area contributed by atoms with Crippen molar-refractivity contribution < 1.29 is 14.3 Å². The highest BCUT2D eigenvalue weighted by atomic mass is 35.5. The average molecular weight is 445 g/mol. The van der Waals surface area contributed by atoms with Crippen LogP contribution in [0.3, 0.4) is 0 Å². The first-order valence-corrected chi connectivity index (χ1v) is 11.5. The minimum Gasteiger partial charge on any atom is -0.490 e. The van der Waals surface area contributed by atoms with Gasteiger partial charge in [0.1, 0.15) is 12.4 Å². The fraction of sp³-hybridized carbons (Fsp3) is 0.391. The second-order valence-electron chi connectivity index (χ2n) is 7.27. The van der Waals surface area contributed by atoms with Gasteiger partial charge in [-0.3, -0.25) is 4.79 Å². The van der Waals surface area contributed by atoms with Gasteiger partial charge in [-0.15, -0.1) is 11.3 Å². The lowest BCUT2D eigenvalue weighted by Gasteiger charge is -2.31. The summed E-state index contributed by atoms with van der Waals surface area (Å²) in [6.07, 6.45) is 1.82. The zero-order chi connectivity index (χ0) is 20.9. The van der Waals surface area contributed by atoms with Crippen molar-refractivity contribution in [3.8, 4) is 5.75 Å². The minimum atomic E-state index is 0.0246. The zero-order valence-corrected chi connectivity index (χ0v) is 18.5. The molecule has 0 N–H and O–H groups in total. The molecule has 5 nitrogen and oxygen atoms in total. The van der Waals surface area contributed by atoms with E-state index in [-0.39, 0.29) is 5.91 Å². The molecular formula is C23H25ClN2O3S. The fourth-order valence-electron chi connectivity index (χ4n) is 3.72. The maximum Gasteiger partial charge on any atom is 0.257 e. The molecule has 1 aliphatic heterocycles. The van der Waals surface area contributed by atoms with E-state index in [1.54, 1.807) is 11.3 Å². The molecule has 2 aromatic carbocycles. The molecule has 1 fully saturated rings. The molecule has 1 saturated heterocycles. The first-order valence-electron chi connectivity index (χ1n) is 10.3. The Morgan fingerprint density at radius 1 is 1.20 bits per heavy atom. The molecule has 1 aliphatic rings. The Bertz CT molecular complexity index is 1010. The zero-order valence-electron chi connectivity index (χ0n) is 17.0. The smallest absolute Gasteiger partial charge is 0.257 e. The Labute approximate surface area is 185 Å². The largest absolute Gasteiger partial charge is 0.490 e. The third-order valence-electron chi connectivity index (χ3n) is 5.30. The van der Waals surface area contributed by atoms with Gasteiger partial charge in [-0.05, 0) is 50.1 Å². The lowest BCUT2D eigenvalue weighted by molar-refractivity contribution is 0.0703. The molecule has 0 spiro atoms. The predicted octanol–water partition coefficient (Wildman–Crippen LogP) is 5.38. The molecule has 1 aromatic heterocycles. The van der Waals surface area contributed by atoms with E-state index in [9.17, 15) is 4.79 Å². The molecule has 1 amide bonds. The Kier molecular flexibility index (Phi) is 6.87. The number of halogens is 1. The normalized spacial score (nSPS) is 14.9. The van der Waals surface area contributed by atoms with Crippen molar-refractivity contribution in [3.05, 3.63) is 58.1 Å². The Hall–Kier alpha value is -2.15.